The van der Waals surface area contributed by atoms with E-state index in [1.807, 2.05) is 24.0 Å². The van der Waals surface area contributed by atoms with E-state index in [9.17, 15) is 4.79 Å². The van der Waals surface area contributed by atoms with Crippen molar-refractivity contribution >= 4 is 29.0 Å². The number of nitrogens with zero attached hydrogens (tertiary/aromatic N) is 2. The summed E-state index contributed by atoms with van der Waals surface area (Å²) < 4.78 is 0. The van der Waals surface area contributed by atoms with E-state index in [0.717, 1.165) is 37.4 Å². The van der Waals surface area contributed by atoms with Gasteiger partial charge < -0.3 is 20.9 Å². The molecule has 1 aromatic carbocycles. The first-order chi connectivity index (χ1) is 9.06. The Morgan fingerprint density at radius 1 is 1.42 bits per heavy atom. The number of carbonyl (C=O) groups is 1. The van der Waals surface area contributed by atoms with Crippen LogP contribution in [0.4, 0.5) is 16.2 Å². The summed E-state index contributed by atoms with van der Waals surface area (Å²) in [6.07, 6.45) is 0. The summed E-state index contributed by atoms with van der Waals surface area (Å²) in [5, 5.41) is 3.47. The number of hydrogen-bond donors (Lipinski definition) is 2. The van der Waals surface area contributed by atoms with Crippen molar-refractivity contribution in [2.24, 2.45) is 0 Å². The predicted molar refractivity (Wildman–Crippen MR) is 76.7 cm³/mol. The highest BCUT2D eigenvalue weighted by molar-refractivity contribution is 6.33. The molecule has 2 fully saturated rings. The Morgan fingerprint density at radius 2 is 2.21 bits per heavy atom. The minimum absolute atomic E-state index is 0.0525. The van der Waals surface area contributed by atoms with Crippen molar-refractivity contribution in [1.82, 2.24) is 10.2 Å². The van der Waals surface area contributed by atoms with Crippen LogP contribution in [0.15, 0.2) is 12.1 Å². The van der Waals surface area contributed by atoms with Crippen LogP contribution in [0.25, 0.3) is 0 Å². The summed E-state index contributed by atoms with van der Waals surface area (Å²) in [4.78, 5) is 15.8. The number of amides is 2. The highest BCUT2D eigenvalue weighted by Gasteiger charge is 2.35. The first kappa shape index (κ1) is 12.4. The maximum absolute atomic E-state index is 11.6. The topological polar surface area (TPSA) is 61.6 Å². The molecule has 1 atom stereocenters. The van der Waals surface area contributed by atoms with Gasteiger partial charge in [-0.3, -0.25) is 0 Å². The molecule has 2 amide bonds. The number of carbonyl (C=O) groups excluding carboxylic acids is 1. The molecule has 0 aromatic heterocycles. The van der Waals surface area contributed by atoms with Crippen LogP contribution in [-0.4, -0.2) is 43.2 Å². The first-order valence-corrected chi connectivity index (χ1v) is 6.79. The van der Waals surface area contributed by atoms with Crippen molar-refractivity contribution in [3.05, 3.63) is 22.7 Å². The fourth-order valence-corrected chi connectivity index (χ4v) is 3.01. The molecule has 6 heteroatoms. The molecule has 1 aromatic rings. The second-order valence-corrected chi connectivity index (χ2v) is 5.55. The van der Waals surface area contributed by atoms with Crippen LogP contribution in [0.2, 0.25) is 5.02 Å². The van der Waals surface area contributed by atoms with Crippen molar-refractivity contribution in [2.75, 3.05) is 36.8 Å². The van der Waals surface area contributed by atoms with E-state index in [1.165, 1.54) is 0 Å². The molecular weight excluding hydrogens is 264 g/mol. The summed E-state index contributed by atoms with van der Waals surface area (Å²) in [5.74, 6) is 0. The summed E-state index contributed by atoms with van der Waals surface area (Å²) in [6.45, 7) is 5.16. The lowest BCUT2D eigenvalue weighted by molar-refractivity contribution is 0.197. The van der Waals surface area contributed by atoms with Crippen LogP contribution in [-0.2, 0) is 0 Å². The third kappa shape index (κ3) is 2.08. The number of halogens is 1. The Labute approximate surface area is 117 Å². The van der Waals surface area contributed by atoms with Gasteiger partial charge in [-0.1, -0.05) is 11.6 Å². The fourth-order valence-electron chi connectivity index (χ4n) is 2.86. The lowest BCUT2D eigenvalue weighted by atomic mass is 10.1. The summed E-state index contributed by atoms with van der Waals surface area (Å²) in [7, 11) is 0. The standard InChI is InChI=1S/C13H17ClN4O/c1-8-4-11(15)10(14)5-12(8)17-2-3-18-9(7-17)6-16-13(18)19/h4-5,9H,2-3,6-7,15H2,1H3,(H,16,19). The van der Waals surface area contributed by atoms with Gasteiger partial charge in [0.15, 0.2) is 0 Å². The predicted octanol–water partition coefficient (Wildman–Crippen LogP) is 1.44. The number of nitrogen functional groups attached to an aromatic ring is 1. The zero-order valence-corrected chi connectivity index (χ0v) is 11.6. The molecule has 2 saturated heterocycles. The van der Waals surface area contributed by atoms with E-state index in [0.29, 0.717) is 10.7 Å². The number of anilines is 2. The van der Waals surface area contributed by atoms with Crippen LogP contribution in [0, 0.1) is 6.92 Å². The third-order valence-corrected chi connectivity index (χ3v) is 4.22. The van der Waals surface area contributed by atoms with Gasteiger partial charge in [0, 0.05) is 31.9 Å². The fraction of sp³-hybridized carbons (Fsp3) is 0.462. The van der Waals surface area contributed by atoms with Crippen molar-refractivity contribution < 1.29 is 4.79 Å². The highest BCUT2D eigenvalue weighted by atomic mass is 35.5. The van der Waals surface area contributed by atoms with Gasteiger partial charge in [0.2, 0.25) is 0 Å². The van der Waals surface area contributed by atoms with E-state index in [4.69, 9.17) is 17.3 Å². The number of urea groups is 1. The molecule has 0 spiro atoms. The van der Waals surface area contributed by atoms with Gasteiger partial charge in [0.05, 0.1) is 16.8 Å². The van der Waals surface area contributed by atoms with E-state index in [-0.39, 0.29) is 12.1 Å². The SMILES string of the molecule is Cc1cc(N)c(Cl)cc1N1CCN2C(=O)NCC2C1. The van der Waals surface area contributed by atoms with Crippen LogP contribution in [0.5, 0.6) is 0 Å². The monoisotopic (exact) mass is 280 g/mol. The summed E-state index contributed by atoms with van der Waals surface area (Å²) in [5.41, 5.74) is 8.65. The molecule has 0 radical (unpaired) electrons. The zero-order chi connectivity index (χ0) is 13.6. The number of aryl methyl sites for hydroxylation is 1. The number of fused-ring (bicyclic) bond motifs is 1. The Morgan fingerprint density at radius 3 is 3.00 bits per heavy atom. The van der Waals surface area contributed by atoms with Crippen molar-refractivity contribution in [3.63, 3.8) is 0 Å². The molecule has 102 valence electrons. The maximum Gasteiger partial charge on any atom is 0.317 e. The molecule has 2 aliphatic rings. The molecular formula is C13H17ClN4O. The van der Waals surface area contributed by atoms with E-state index < -0.39 is 0 Å². The number of rotatable bonds is 1. The van der Waals surface area contributed by atoms with Gasteiger partial charge >= 0.3 is 6.03 Å². The van der Waals surface area contributed by atoms with Crippen molar-refractivity contribution in [2.45, 2.75) is 13.0 Å². The second-order valence-electron chi connectivity index (χ2n) is 5.14. The smallest absolute Gasteiger partial charge is 0.317 e. The van der Waals surface area contributed by atoms with Crippen LogP contribution < -0.4 is 16.0 Å². The molecule has 2 aliphatic heterocycles. The summed E-state index contributed by atoms with van der Waals surface area (Å²) in [6, 6.07) is 4.13. The molecule has 0 bridgehead atoms. The number of nitrogens with two attached hydrogens (primary N) is 1. The minimum atomic E-state index is 0.0525. The zero-order valence-electron chi connectivity index (χ0n) is 10.8. The molecule has 3 rings (SSSR count). The number of nitrogens with one attached hydrogen (secondary N) is 1. The van der Waals surface area contributed by atoms with Crippen LogP contribution in [0.3, 0.4) is 0 Å². The van der Waals surface area contributed by atoms with Gasteiger partial charge in [0.1, 0.15) is 0 Å². The Balaban J connectivity index is 1.84. The Bertz CT molecular complexity index is 534. The van der Waals surface area contributed by atoms with Crippen LogP contribution >= 0.6 is 11.6 Å². The molecule has 1 unspecified atom stereocenters. The minimum Gasteiger partial charge on any atom is -0.398 e. The quantitative estimate of drug-likeness (QED) is 0.766. The van der Waals surface area contributed by atoms with E-state index in [2.05, 4.69) is 10.2 Å². The Hall–Kier alpha value is -1.62. The van der Waals surface area contributed by atoms with Crippen LogP contribution in [0.1, 0.15) is 5.56 Å². The number of hydrogen-bond acceptors (Lipinski definition) is 3. The highest BCUT2D eigenvalue weighted by Crippen LogP contribution is 2.31. The number of piperazine rings is 1. The van der Waals surface area contributed by atoms with Gasteiger partial charge in [0.25, 0.3) is 0 Å². The molecule has 0 saturated carbocycles. The molecule has 2 heterocycles. The average molecular weight is 281 g/mol. The van der Waals surface area contributed by atoms with Gasteiger partial charge in [-0.25, -0.2) is 4.79 Å². The first-order valence-electron chi connectivity index (χ1n) is 6.41. The van der Waals surface area contributed by atoms with Crippen molar-refractivity contribution in [3.8, 4) is 0 Å². The molecule has 3 N–H and O–H groups in total. The molecule has 19 heavy (non-hydrogen) atoms. The average Bonchev–Trinajstić information content (AvgIpc) is 2.75. The maximum atomic E-state index is 11.6. The third-order valence-electron chi connectivity index (χ3n) is 3.89. The van der Waals surface area contributed by atoms with Crippen molar-refractivity contribution in [1.29, 1.82) is 0 Å². The van der Waals surface area contributed by atoms with Gasteiger partial charge in [-0.15, -0.1) is 0 Å². The lowest BCUT2D eigenvalue weighted by Crippen LogP contribution is -2.52. The van der Waals surface area contributed by atoms with E-state index in [1.54, 1.807) is 0 Å². The van der Waals surface area contributed by atoms with Gasteiger partial charge in [-0.05, 0) is 24.6 Å². The lowest BCUT2D eigenvalue weighted by Gasteiger charge is -2.38. The molecule has 5 nitrogen and oxygen atoms in total. The Kier molecular flexibility index (Phi) is 2.93. The van der Waals surface area contributed by atoms with Gasteiger partial charge in [-0.2, -0.15) is 0 Å². The largest absolute Gasteiger partial charge is 0.398 e. The normalized spacial score (nSPS) is 22.4. The summed E-state index contributed by atoms with van der Waals surface area (Å²) >= 11 is 6.11. The molecule has 0 aliphatic carbocycles. The number of benzene rings is 1. The van der Waals surface area contributed by atoms with E-state index >= 15 is 0 Å². The second kappa shape index (κ2) is 4.49.